The maximum absolute atomic E-state index is 12.3. The molecule has 1 aliphatic rings. The molecule has 2 N–H and O–H groups in total. The molecule has 0 bridgehead atoms. The number of rotatable bonds is 3. The lowest BCUT2D eigenvalue weighted by atomic mass is 10.1. The first kappa shape index (κ1) is 13.1. The number of nitrogens with zero attached hydrogens (tertiary/aromatic N) is 1. The van der Waals surface area contributed by atoms with Gasteiger partial charge in [-0.2, -0.15) is 0 Å². The molecule has 3 rings (SSSR count). The lowest BCUT2D eigenvalue weighted by molar-refractivity contribution is 0.0940. The third-order valence-corrected chi connectivity index (χ3v) is 4.53. The van der Waals surface area contributed by atoms with Crippen molar-refractivity contribution in [1.82, 2.24) is 10.3 Å². The summed E-state index contributed by atoms with van der Waals surface area (Å²) in [6.45, 7) is 4.93. The zero-order valence-electron chi connectivity index (χ0n) is 11.6. The predicted molar refractivity (Wildman–Crippen MR) is 81.4 cm³/mol. The van der Waals surface area contributed by atoms with E-state index in [-0.39, 0.29) is 11.9 Å². The van der Waals surface area contributed by atoms with Crippen molar-refractivity contribution in [2.45, 2.75) is 26.3 Å². The number of carbonyl (C=O) groups is 1. The third-order valence-electron chi connectivity index (χ3n) is 3.43. The van der Waals surface area contributed by atoms with E-state index in [2.05, 4.69) is 15.6 Å². The summed E-state index contributed by atoms with van der Waals surface area (Å²) in [6.07, 6.45) is 2.82. The van der Waals surface area contributed by atoms with Crippen LogP contribution in [0.3, 0.4) is 0 Å². The molecule has 1 aromatic carbocycles. The summed E-state index contributed by atoms with van der Waals surface area (Å²) in [7, 11) is 0. The van der Waals surface area contributed by atoms with E-state index < -0.39 is 0 Å². The van der Waals surface area contributed by atoms with Crippen molar-refractivity contribution < 1.29 is 4.79 Å². The fraction of sp³-hybridized carbons (Fsp3) is 0.333. The molecule has 2 heterocycles. The van der Waals surface area contributed by atoms with Crippen molar-refractivity contribution in [3.8, 4) is 0 Å². The van der Waals surface area contributed by atoms with Gasteiger partial charge in [0.15, 0.2) is 0 Å². The molecule has 0 saturated carbocycles. The van der Waals surface area contributed by atoms with Gasteiger partial charge in [0.05, 0.1) is 6.04 Å². The maximum Gasteiger partial charge on any atom is 0.251 e. The molecule has 0 aliphatic carbocycles. The number of aryl methyl sites for hydroxylation is 1. The molecule has 1 amide bonds. The van der Waals surface area contributed by atoms with Gasteiger partial charge in [-0.25, -0.2) is 4.98 Å². The van der Waals surface area contributed by atoms with Gasteiger partial charge in [-0.1, -0.05) is 0 Å². The van der Waals surface area contributed by atoms with E-state index in [1.165, 1.54) is 5.56 Å². The molecule has 1 aromatic heterocycles. The Balaban J connectivity index is 1.73. The first-order chi connectivity index (χ1) is 9.63. The van der Waals surface area contributed by atoms with E-state index >= 15 is 0 Å². The number of nitrogens with one attached hydrogen (secondary N) is 2. The molecule has 0 spiro atoms. The number of fused-ring (bicyclic) bond motifs is 1. The lowest BCUT2D eigenvalue weighted by Gasteiger charge is -2.12. The number of thiazole rings is 1. The topological polar surface area (TPSA) is 54.0 Å². The summed E-state index contributed by atoms with van der Waals surface area (Å²) in [5, 5.41) is 7.24. The summed E-state index contributed by atoms with van der Waals surface area (Å²) >= 11 is 1.62. The minimum absolute atomic E-state index is 0.0416. The molecule has 1 atom stereocenters. The van der Waals surface area contributed by atoms with Gasteiger partial charge >= 0.3 is 0 Å². The monoisotopic (exact) mass is 287 g/mol. The van der Waals surface area contributed by atoms with Crippen molar-refractivity contribution in [1.29, 1.82) is 0 Å². The van der Waals surface area contributed by atoms with Gasteiger partial charge < -0.3 is 10.6 Å². The fourth-order valence-electron chi connectivity index (χ4n) is 2.36. The van der Waals surface area contributed by atoms with Gasteiger partial charge in [0, 0.05) is 28.9 Å². The minimum atomic E-state index is -0.0624. The van der Waals surface area contributed by atoms with Gasteiger partial charge in [-0.15, -0.1) is 11.3 Å². The summed E-state index contributed by atoms with van der Waals surface area (Å²) < 4.78 is 0. The van der Waals surface area contributed by atoms with Crippen LogP contribution in [-0.2, 0) is 6.42 Å². The van der Waals surface area contributed by atoms with Crippen molar-refractivity contribution in [2.24, 2.45) is 0 Å². The van der Waals surface area contributed by atoms with Crippen LogP contribution in [-0.4, -0.2) is 17.4 Å². The molecule has 2 aromatic rings. The smallest absolute Gasteiger partial charge is 0.251 e. The van der Waals surface area contributed by atoms with E-state index in [4.69, 9.17) is 0 Å². The highest BCUT2D eigenvalue weighted by molar-refractivity contribution is 7.11. The van der Waals surface area contributed by atoms with Gasteiger partial charge in [-0.3, -0.25) is 4.79 Å². The molecule has 5 heteroatoms. The first-order valence-electron chi connectivity index (χ1n) is 6.73. The number of aromatic nitrogens is 1. The van der Waals surface area contributed by atoms with Crippen LogP contribution in [0.4, 0.5) is 5.69 Å². The lowest BCUT2D eigenvalue weighted by Crippen LogP contribution is -2.26. The van der Waals surface area contributed by atoms with Crippen molar-refractivity contribution in [3.63, 3.8) is 0 Å². The molecule has 1 aliphatic heterocycles. The largest absolute Gasteiger partial charge is 0.384 e. The molecule has 104 valence electrons. The summed E-state index contributed by atoms with van der Waals surface area (Å²) in [6, 6.07) is 5.76. The Kier molecular flexibility index (Phi) is 3.44. The molecular formula is C15H17N3OS. The number of amides is 1. The zero-order chi connectivity index (χ0) is 14.1. The average Bonchev–Trinajstić information content (AvgIpc) is 3.05. The molecular weight excluding hydrogens is 270 g/mol. The highest BCUT2D eigenvalue weighted by Crippen LogP contribution is 2.24. The molecule has 20 heavy (non-hydrogen) atoms. The summed E-state index contributed by atoms with van der Waals surface area (Å²) in [5.74, 6) is -0.0416. The fourth-order valence-corrected chi connectivity index (χ4v) is 3.14. The molecule has 0 radical (unpaired) electrons. The Morgan fingerprint density at radius 1 is 1.50 bits per heavy atom. The zero-order valence-corrected chi connectivity index (χ0v) is 12.4. The van der Waals surface area contributed by atoms with E-state index in [9.17, 15) is 4.79 Å². The number of hydrogen-bond acceptors (Lipinski definition) is 4. The highest BCUT2D eigenvalue weighted by Gasteiger charge is 2.16. The van der Waals surface area contributed by atoms with Crippen LogP contribution < -0.4 is 10.6 Å². The van der Waals surface area contributed by atoms with E-state index in [0.717, 1.165) is 28.5 Å². The maximum atomic E-state index is 12.3. The average molecular weight is 287 g/mol. The normalized spacial score (nSPS) is 14.5. The molecule has 1 unspecified atom stereocenters. The Hall–Kier alpha value is -1.88. The van der Waals surface area contributed by atoms with Crippen LogP contribution in [0, 0.1) is 6.92 Å². The minimum Gasteiger partial charge on any atom is -0.384 e. The molecule has 0 fully saturated rings. The van der Waals surface area contributed by atoms with Gasteiger partial charge in [-0.05, 0) is 44.0 Å². The van der Waals surface area contributed by atoms with Crippen LogP contribution in [0.1, 0.15) is 38.8 Å². The number of anilines is 1. The van der Waals surface area contributed by atoms with Crippen LogP contribution in [0.25, 0.3) is 0 Å². The van der Waals surface area contributed by atoms with Gasteiger partial charge in [0.2, 0.25) is 0 Å². The Morgan fingerprint density at radius 2 is 2.35 bits per heavy atom. The van der Waals surface area contributed by atoms with Crippen LogP contribution in [0.15, 0.2) is 24.4 Å². The van der Waals surface area contributed by atoms with Crippen molar-refractivity contribution in [2.75, 3.05) is 11.9 Å². The standard InChI is InChI=1S/C15H17N3OS/c1-9-8-17-15(20-9)10(2)18-14(19)12-3-4-13-11(7-12)5-6-16-13/h3-4,7-8,10,16H,5-6H2,1-2H3,(H,18,19). The first-order valence-corrected chi connectivity index (χ1v) is 7.55. The quantitative estimate of drug-likeness (QED) is 0.912. The predicted octanol–water partition coefficient (Wildman–Crippen LogP) is 2.91. The van der Waals surface area contributed by atoms with Crippen molar-refractivity contribution in [3.05, 3.63) is 45.4 Å². The van der Waals surface area contributed by atoms with Gasteiger partial charge in [0.1, 0.15) is 5.01 Å². The van der Waals surface area contributed by atoms with Gasteiger partial charge in [0.25, 0.3) is 5.91 Å². The Bertz CT molecular complexity index is 650. The van der Waals surface area contributed by atoms with Crippen LogP contribution >= 0.6 is 11.3 Å². The third kappa shape index (κ3) is 2.54. The summed E-state index contributed by atoms with van der Waals surface area (Å²) in [5.41, 5.74) is 3.08. The molecule has 0 saturated heterocycles. The second kappa shape index (κ2) is 5.25. The van der Waals surface area contributed by atoms with E-state index in [1.807, 2.05) is 38.2 Å². The number of hydrogen-bond donors (Lipinski definition) is 2. The highest BCUT2D eigenvalue weighted by atomic mass is 32.1. The molecule has 4 nitrogen and oxygen atoms in total. The summed E-state index contributed by atoms with van der Waals surface area (Å²) in [4.78, 5) is 17.8. The second-order valence-electron chi connectivity index (χ2n) is 5.05. The second-order valence-corrected chi connectivity index (χ2v) is 6.32. The Morgan fingerprint density at radius 3 is 3.10 bits per heavy atom. The van der Waals surface area contributed by atoms with Crippen LogP contribution in [0.2, 0.25) is 0 Å². The SMILES string of the molecule is Cc1cnc(C(C)NC(=O)c2ccc3c(c2)CCN3)s1. The van der Waals surface area contributed by atoms with Crippen molar-refractivity contribution >= 4 is 22.9 Å². The van der Waals surface area contributed by atoms with E-state index in [0.29, 0.717) is 5.56 Å². The van der Waals surface area contributed by atoms with Crippen LogP contribution in [0.5, 0.6) is 0 Å². The number of benzene rings is 1. The number of carbonyl (C=O) groups excluding carboxylic acids is 1. The Labute approximate surface area is 122 Å². The van der Waals surface area contributed by atoms with E-state index in [1.54, 1.807) is 11.3 Å².